The molecule has 0 saturated heterocycles. The normalized spacial score (nSPS) is 10.4. The first kappa shape index (κ1) is 13.8. The molecule has 0 aromatic heterocycles. The van der Waals surface area contributed by atoms with Crippen molar-refractivity contribution in [1.29, 1.82) is 0 Å². The predicted molar refractivity (Wildman–Crippen MR) is 80.6 cm³/mol. The topological polar surface area (TPSA) is 37.3 Å². The van der Waals surface area contributed by atoms with Gasteiger partial charge in [0.1, 0.15) is 0 Å². The highest BCUT2D eigenvalue weighted by Crippen LogP contribution is 2.19. The zero-order valence-corrected chi connectivity index (χ0v) is 11.4. The van der Waals surface area contributed by atoms with Gasteiger partial charge in [-0.05, 0) is 11.1 Å². The Morgan fingerprint density at radius 2 is 1.58 bits per heavy atom. The number of thioether (sulfide) groups is 1. The van der Waals surface area contributed by atoms with Gasteiger partial charge in [0.25, 0.3) is 0 Å². The molecule has 0 fully saturated rings. The zero-order chi connectivity index (χ0) is 13.5. The van der Waals surface area contributed by atoms with Crippen LogP contribution in [0.25, 0.3) is 11.1 Å². The van der Waals surface area contributed by atoms with Crippen LogP contribution in [-0.4, -0.2) is 29.0 Å². The number of hydrogen-bond acceptors (Lipinski definition) is 3. The second-order valence-corrected chi connectivity index (χ2v) is 5.25. The number of carbonyl (C=O) groups is 1. The molecular formula is C16H16O2S. The Balaban J connectivity index is 2.04. The Morgan fingerprint density at radius 1 is 0.947 bits per heavy atom. The first-order chi connectivity index (χ1) is 9.31. The lowest BCUT2D eigenvalue weighted by Crippen LogP contribution is -2.03. The van der Waals surface area contributed by atoms with Crippen molar-refractivity contribution >= 4 is 17.5 Å². The van der Waals surface area contributed by atoms with Crippen molar-refractivity contribution in [2.24, 2.45) is 0 Å². The van der Waals surface area contributed by atoms with E-state index in [0.29, 0.717) is 11.5 Å². The third-order valence-corrected chi connectivity index (χ3v) is 3.72. The molecule has 0 radical (unpaired) electrons. The molecule has 3 heteroatoms. The molecular weight excluding hydrogens is 256 g/mol. The van der Waals surface area contributed by atoms with E-state index in [0.717, 1.165) is 16.7 Å². The second kappa shape index (κ2) is 7.12. The van der Waals surface area contributed by atoms with Crippen LogP contribution in [0.3, 0.4) is 0 Å². The summed E-state index contributed by atoms with van der Waals surface area (Å²) in [6, 6.07) is 17.8. The predicted octanol–water partition coefficient (Wildman–Crippen LogP) is 3.26. The third-order valence-electron chi connectivity index (χ3n) is 2.78. The van der Waals surface area contributed by atoms with Crippen molar-refractivity contribution in [2.45, 2.75) is 0 Å². The highest BCUT2D eigenvalue weighted by atomic mass is 32.2. The van der Waals surface area contributed by atoms with Crippen LogP contribution in [-0.2, 0) is 0 Å². The van der Waals surface area contributed by atoms with Gasteiger partial charge in [0.2, 0.25) is 0 Å². The van der Waals surface area contributed by atoms with E-state index in [4.69, 9.17) is 5.11 Å². The Kier molecular flexibility index (Phi) is 5.19. The summed E-state index contributed by atoms with van der Waals surface area (Å²) in [6.07, 6.45) is 0. The van der Waals surface area contributed by atoms with Crippen molar-refractivity contribution in [1.82, 2.24) is 0 Å². The van der Waals surface area contributed by atoms with Gasteiger partial charge in [0.15, 0.2) is 5.78 Å². The molecule has 0 bridgehead atoms. The fourth-order valence-corrected chi connectivity index (χ4v) is 2.42. The number of hydrogen-bond donors (Lipinski definition) is 1. The van der Waals surface area contributed by atoms with E-state index < -0.39 is 0 Å². The Bertz CT molecular complexity index is 520. The number of aliphatic hydroxyl groups excluding tert-OH is 1. The molecule has 2 rings (SSSR count). The van der Waals surface area contributed by atoms with E-state index in [1.807, 2.05) is 54.6 Å². The highest BCUT2D eigenvalue weighted by molar-refractivity contribution is 8.00. The van der Waals surface area contributed by atoms with E-state index in [1.54, 1.807) is 0 Å². The summed E-state index contributed by atoms with van der Waals surface area (Å²) in [5.41, 5.74) is 2.99. The van der Waals surface area contributed by atoms with Crippen molar-refractivity contribution in [3.8, 4) is 11.1 Å². The average Bonchev–Trinajstić information content (AvgIpc) is 2.48. The summed E-state index contributed by atoms with van der Waals surface area (Å²) in [6.45, 7) is 0.116. The molecule has 0 unspecified atom stereocenters. The average molecular weight is 272 g/mol. The first-order valence-corrected chi connectivity index (χ1v) is 7.34. The molecule has 0 heterocycles. The van der Waals surface area contributed by atoms with Crippen molar-refractivity contribution < 1.29 is 9.90 Å². The smallest absolute Gasteiger partial charge is 0.172 e. The summed E-state index contributed by atoms with van der Waals surface area (Å²) in [5, 5.41) is 8.68. The monoisotopic (exact) mass is 272 g/mol. The van der Waals surface area contributed by atoms with Crippen LogP contribution < -0.4 is 0 Å². The number of aliphatic hydroxyl groups is 1. The van der Waals surface area contributed by atoms with E-state index in [9.17, 15) is 4.79 Å². The van der Waals surface area contributed by atoms with E-state index in [2.05, 4.69) is 0 Å². The molecule has 1 N–H and O–H groups in total. The van der Waals surface area contributed by atoms with Crippen LogP contribution >= 0.6 is 11.8 Å². The molecule has 2 aromatic carbocycles. The lowest BCUT2D eigenvalue weighted by atomic mass is 10.0. The maximum Gasteiger partial charge on any atom is 0.172 e. The van der Waals surface area contributed by atoms with Crippen LogP contribution in [0.2, 0.25) is 0 Å². The highest BCUT2D eigenvalue weighted by Gasteiger charge is 2.06. The van der Waals surface area contributed by atoms with Crippen LogP contribution in [0, 0.1) is 0 Å². The summed E-state index contributed by atoms with van der Waals surface area (Å²) >= 11 is 1.46. The van der Waals surface area contributed by atoms with Crippen LogP contribution in [0.15, 0.2) is 54.6 Å². The minimum absolute atomic E-state index is 0.109. The molecule has 98 valence electrons. The van der Waals surface area contributed by atoms with Crippen LogP contribution in [0.4, 0.5) is 0 Å². The summed E-state index contributed by atoms with van der Waals surface area (Å²) in [4.78, 5) is 11.9. The van der Waals surface area contributed by atoms with Gasteiger partial charge >= 0.3 is 0 Å². The summed E-state index contributed by atoms with van der Waals surface area (Å²) < 4.78 is 0. The van der Waals surface area contributed by atoms with Gasteiger partial charge in [-0.1, -0.05) is 54.6 Å². The molecule has 0 amide bonds. The molecule has 0 aliphatic carbocycles. The fourth-order valence-electron chi connectivity index (χ4n) is 1.79. The van der Waals surface area contributed by atoms with Gasteiger partial charge in [0.05, 0.1) is 12.4 Å². The summed E-state index contributed by atoms with van der Waals surface area (Å²) in [5.74, 6) is 1.14. The van der Waals surface area contributed by atoms with Crippen molar-refractivity contribution in [3.63, 3.8) is 0 Å². The molecule has 2 aromatic rings. The van der Waals surface area contributed by atoms with Crippen LogP contribution in [0.1, 0.15) is 10.4 Å². The second-order valence-electron chi connectivity index (χ2n) is 4.14. The maximum absolute atomic E-state index is 11.9. The first-order valence-electron chi connectivity index (χ1n) is 6.18. The largest absolute Gasteiger partial charge is 0.396 e. The zero-order valence-electron chi connectivity index (χ0n) is 10.6. The summed E-state index contributed by atoms with van der Waals surface area (Å²) in [7, 11) is 0. The quantitative estimate of drug-likeness (QED) is 0.648. The Hall–Kier alpha value is -1.58. The lowest BCUT2D eigenvalue weighted by Gasteiger charge is -2.04. The number of ketones is 1. The van der Waals surface area contributed by atoms with Crippen LogP contribution in [0.5, 0.6) is 0 Å². The van der Waals surface area contributed by atoms with E-state index in [1.165, 1.54) is 11.8 Å². The number of carbonyl (C=O) groups excluding carboxylic acids is 1. The molecule has 0 aliphatic heterocycles. The van der Waals surface area contributed by atoms with Gasteiger partial charge in [0, 0.05) is 11.3 Å². The number of rotatable bonds is 6. The van der Waals surface area contributed by atoms with Gasteiger partial charge in [-0.2, -0.15) is 11.8 Å². The number of benzene rings is 2. The van der Waals surface area contributed by atoms with Gasteiger partial charge in [-0.3, -0.25) is 4.79 Å². The van der Waals surface area contributed by atoms with E-state index >= 15 is 0 Å². The SMILES string of the molecule is O=C(CSCCO)c1ccc(-c2ccccc2)cc1. The van der Waals surface area contributed by atoms with Crippen molar-refractivity contribution in [3.05, 3.63) is 60.2 Å². The third kappa shape index (κ3) is 3.94. The fraction of sp³-hybridized carbons (Fsp3) is 0.188. The minimum atomic E-state index is 0.109. The van der Waals surface area contributed by atoms with E-state index in [-0.39, 0.29) is 12.4 Å². The van der Waals surface area contributed by atoms with Crippen molar-refractivity contribution in [2.75, 3.05) is 18.1 Å². The number of Topliss-reactive ketones (excluding diaryl/α,β-unsaturated/α-hetero) is 1. The lowest BCUT2D eigenvalue weighted by molar-refractivity contribution is 0.102. The molecule has 0 saturated carbocycles. The molecule has 0 aliphatic rings. The van der Waals surface area contributed by atoms with Gasteiger partial charge < -0.3 is 5.11 Å². The van der Waals surface area contributed by atoms with Gasteiger partial charge in [-0.15, -0.1) is 0 Å². The molecule has 0 spiro atoms. The Labute approximate surface area is 117 Å². The standard InChI is InChI=1S/C16H16O2S/c17-10-11-19-12-16(18)15-8-6-14(7-9-15)13-4-2-1-3-5-13/h1-9,17H,10-12H2. The molecule has 19 heavy (non-hydrogen) atoms. The molecule has 0 atom stereocenters. The molecule has 2 nitrogen and oxygen atoms in total. The Morgan fingerprint density at radius 3 is 2.21 bits per heavy atom. The van der Waals surface area contributed by atoms with Gasteiger partial charge in [-0.25, -0.2) is 0 Å². The minimum Gasteiger partial charge on any atom is -0.396 e. The maximum atomic E-state index is 11.9.